The number of primary amides is 1. The van der Waals surface area contributed by atoms with Gasteiger partial charge in [-0.3, -0.25) is 23.4 Å². The van der Waals surface area contributed by atoms with Crippen LogP contribution < -0.4 is 20.5 Å². The predicted molar refractivity (Wildman–Crippen MR) is 219 cm³/mol. The number of hydrogen-bond donors (Lipinski definition) is 2. The molecule has 0 radical (unpaired) electrons. The van der Waals surface area contributed by atoms with E-state index in [1.54, 1.807) is 12.0 Å². The van der Waals surface area contributed by atoms with Crippen molar-refractivity contribution < 1.29 is 37.4 Å². The summed E-state index contributed by atoms with van der Waals surface area (Å²) in [6.07, 6.45) is 13.1. The molecule has 2 aliphatic carbocycles. The van der Waals surface area contributed by atoms with Crippen molar-refractivity contribution in [3.63, 3.8) is 0 Å². The fourth-order valence-corrected chi connectivity index (χ4v) is 8.93. The number of ether oxygens (including phenoxy) is 2. The van der Waals surface area contributed by atoms with Crippen molar-refractivity contribution in [3.05, 3.63) is 66.7 Å². The van der Waals surface area contributed by atoms with Crippen LogP contribution in [-0.2, 0) is 30.3 Å². The standard InChI is InChI=1S/C41H49N5O6.C3H6O2S/c1-51-30-17-18-32-34(22-30)43-33(27-13-8-5-9-14-27)24-36(32)52-31-23-35-38(48)44-41(40(42)50)25-29(41)16-10-4-2-3-7-15-28(39(49)46(35)26-31)21-37(47)45-19-11-6-12-20-45;4-6(5)3-1-2-3/h5,8-10,13-14,16-18,22,24,28-29,31,35H,2-4,6-7,11-12,15,19-21,23,25-26H2,1H3,(H2,42,50)(H,44,48);3H,1-2H2,(H,4,5)/p-1/b16-10-;/t28-,29+,31-,35+,41+;/m1./s1. The number of likely N-dealkylation sites (tertiary alicyclic amines) is 1. The van der Waals surface area contributed by atoms with Crippen LogP contribution in [-0.4, -0.2) is 96.9 Å². The molecule has 14 heteroatoms. The highest BCUT2D eigenvalue weighted by Crippen LogP contribution is 2.45. The highest BCUT2D eigenvalue weighted by molar-refractivity contribution is 7.80. The quantitative estimate of drug-likeness (QED) is 0.229. The number of nitrogens with zero attached hydrogens (tertiary/aromatic N) is 3. The van der Waals surface area contributed by atoms with Gasteiger partial charge in [-0.2, -0.15) is 0 Å². The molecular weight excluding hydrogens is 759 g/mol. The Hall–Kier alpha value is -4.82. The van der Waals surface area contributed by atoms with E-state index in [9.17, 15) is 27.9 Å². The van der Waals surface area contributed by atoms with Gasteiger partial charge in [-0.05, 0) is 69.9 Å². The average Bonchev–Trinajstić information content (AvgIpc) is 4.17. The molecule has 3 aromatic rings. The minimum atomic E-state index is -1.76. The summed E-state index contributed by atoms with van der Waals surface area (Å²) in [5.41, 5.74) is 7.02. The molecular formula is C44H54N5O8S-. The van der Waals surface area contributed by atoms with Crippen LogP contribution in [0.2, 0.25) is 0 Å². The summed E-state index contributed by atoms with van der Waals surface area (Å²) in [5, 5.41) is 3.77. The average molecular weight is 813 g/mol. The lowest BCUT2D eigenvalue weighted by atomic mass is 9.94. The van der Waals surface area contributed by atoms with E-state index in [1.807, 2.05) is 65.6 Å². The minimum absolute atomic E-state index is 0.00692. The fraction of sp³-hybridized carbons (Fsp3) is 0.523. The maximum Gasteiger partial charge on any atom is 0.243 e. The number of piperidine rings is 1. The first-order valence-electron chi connectivity index (χ1n) is 20.7. The van der Waals surface area contributed by atoms with Gasteiger partial charge in [-0.25, -0.2) is 4.98 Å². The van der Waals surface area contributed by atoms with Crippen LogP contribution in [0.25, 0.3) is 22.2 Å². The van der Waals surface area contributed by atoms with Crippen molar-refractivity contribution in [3.8, 4) is 22.8 Å². The number of hydrogen-bond acceptors (Lipinski definition) is 9. The summed E-state index contributed by atoms with van der Waals surface area (Å²) < 4.78 is 31.8. The Labute approximate surface area is 342 Å². The lowest BCUT2D eigenvalue weighted by Gasteiger charge is -2.31. The monoisotopic (exact) mass is 812 g/mol. The Bertz CT molecular complexity index is 2040. The highest BCUT2D eigenvalue weighted by atomic mass is 32.2. The van der Waals surface area contributed by atoms with Crippen molar-refractivity contribution in [2.75, 3.05) is 26.7 Å². The number of nitrogens with two attached hydrogens (primary N) is 1. The van der Waals surface area contributed by atoms with Crippen LogP contribution in [0.15, 0.2) is 66.7 Å². The molecule has 5 aliphatic rings. The second-order valence-corrected chi connectivity index (χ2v) is 17.4. The number of nitrogens with one attached hydrogen (secondary N) is 1. The molecule has 13 nitrogen and oxygen atoms in total. The molecule has 8 rings (SSSR count). The SMILES string of the molecule is COc1ccc2c(O[C@@H]3C[C@H]4C(=O)N[C@@]5(C(N)=O)C[C@@H]5/C=C\CCCCC[C@H](CC(=O)N5CCCCC5)C(=O)N4C3)cc(-c3ccccc3)nc2c1.O=S([O-])C1CC1. The molecule has 4 amide bonds. The summed E-state index contributed by atoms with van der Waals surface area (Å²) >= 11 is -1.76. The van der Waals surface area contributed by atoms with E-state index < -0.39 is 46.5 Å². The molecule has 310 valence electrons. The maximum atomic E-state index is 14.6. The molecule has 6 atom stereocenters. The number of carbonyl (C=O) groups is 4. The molecule has 2 saturated carbocycles. The van der Waals surface area contributed by atoms with Gasteiger partial charge in [0.05, 0.1) is 24.9 Å². The zero-order valence-electron chi connectivity index (χ0n) is 33.1. The largest absolute Gasteiger partial charge is 0.772 e. The van der Waals surface area contributed by atoms with Crippen LogP contribution in [0.3, 0.4) is 0 Å². The van der Waals surface area contributed by atoms with Crippen molar-refractivity contribution in [1.29, 1.82) is 0 Å². The van der Waals surface area contributed by atoms with Crippen LogP contribution in [0.1, 0.15) is 83.5 Å². The number of benzene rings is 2. The second kappa shape index (κ2) is 18.4. The first-order valence-corrected chi connectivity index (χ1v) is 21.9. The lowest BCUT2D eigenvalue weighted by Crippen LogP contribution is -2.55. The van der Waals surface area contributed by atoms with E-state index >= 15 is 0 Å². The van der Waals surface area contributed by atoms with E-state index in [0.29, 0.717) is 48.6 Å². The predicted octanol–water partition coefficient (Wildman–Crippen LogP) is 5.19. The number of allylic oxidation sites excluding steroid dienone is 1. The van der Waals surface area contributed by atoms with Gasteiger partial charge in [0.15, 0.2) is 0 Å². The number of aromatic nitrogens is 1. The molecule has 4 fully saturated rings. The van der Waals surface area contributed by atoms with Gasteiger partial charge in [0.1, 0.15) is 29.2 Å². The summed E-state index contributed by atoms with van der Waals surface area (Å²) in [6.45, 7) is 1.58. The molecule has 2 saturated heterocycles. The van der Waals surface area contributed by atoms with E-state index in [0.717, 1.165) is 68.7 Å². The zero-order valence-corrected chi connectivity index (χ0v) is 34.0. The van der Waals surface area contributed by atoms with Gasteiger partial charge >= 0.3 is 0 Å². The molecule has 1 aromatic heterocycles. The van der Waals surface area contributed by atoms with E-state index in [2.05, 4.69) is 11.4 Å². The van der Waals surface area contributed by atoms with E-state index in [4.69, 9.17) is 20.2 Å². The third kappa shape index (κ3) is 9.71. The first kappa shape index (κ1) is 41.3. The van der Waals surface area contributed by atoms with Gasteiger partial charge in [0.2, 0.25) is 23.6 Å². The molecule has 0 bridgehead atoms. The zero-order chi connectivity index (χ0) is 40.8. The van der Waals surface area contributed by atoms with Crippen molar-refractivity contribution >= 4 is 45.6 Å². The molecule has 0 spiro atoms. The third-order valence-electron chi connectivity index (χ3n) is 12.1. The van der Waals surface area contributed by atoms with E-state index in [-0.39, 0.29) is 42.4 Å². The van der Waals surface area contributed by atoms with Gasteiger partial charge in [-0.15, -0.1) is 0 Å². The summed E-state index contributed by atoms with van der Waals surface area (Å²) in [6, 6.07) is 16.4. The van der Waals surface area contributed by atoms with Crippen molar-refractivity contribution in [2.45, 2.75) is 106 Å². The minimum Gasteiger partial charge on any atom is -0.772 e. The lowest BCUT2D eigenvalue weighted by molar-refractivity contribution is -0.145. The van der Waals surface area contributed by atoms with Gasteiger partial charge in [-0.1, -0.05) is 66.4 Å². The Kier molecular flexibility index (Phi) is 13.1. The van der Waals surface area contributed by atoms with Crippen LogP contribution >= 0.6 is 0 Å². The highest BCUT2D eigenvalue weighted by Gasteiger charge is 2.60. The molecule has 2 aromatic carbocycles. The Morgan fingerprint density at radius 1 is 1.00 bits per heavy atom. The topological polar surface area (TPSA) is 184 Å². The smallest absolute Gasteiger partial charge is 0.243 e. The number of pyridine rings is 1. The number of methoxy groups -OCH3 is 1. The Morgan fingerprint density at radius 2 is 1.76 bits per heavy atom. The molecule has 3 aliphatic heterocycles. The van der Waals surface area contributed by atoms with Crippen molar-refractivity contribution in [2.24, 2.45) is 17.6 Å². The number of fused-ring (bicyclic) bond motifs is 3. The molecule has 1 unspecified atom stereocenters. The fourth-order valence-electron chi connectivity index (χ4n) is 8.41. The summed E-state index contributed by atoms with van der Waals surface area (Å²) in [7, 11) is 1.61. The summed E-state index contributed by atoms with van der Waals surface area (Å²) in [4.78, 5) is 63.6. The molecule has 4 heterocycles. The van der Waals surface area contributed by atoms with E-state index in [1.165, 1.54) is 0 Å². The molecule has 58 heavy (non-hydrogen) atoms. The van der Waals surface area contributed by atoms with Gasteiger partial charge in [0, 0.05) is 66.1 Å². The van der Waals surface area contributed by atoms with Gasteiger partial charge in [0.25, 0.3) is 0 Å². The third-order valence-corrected chi connectivity index (χ3v) is 13.1. The molecule has 3 N–H and O–H groups in total. The number of rotatable bonds is 8. The van der Waals surface area contributed by atoms with Crippen LogP contribution in [0.5, 0.6) is 11.5 Å². The number of amides is 4. The normalized spacial score (nSPS) is 27.3. The second-order valence-electron chi connectivity index (χ2n) is 16.2. The Balaban J connectivity index is 0.000000783. The maximum absolute atomic E-state index is 14.6. The Morgan fingerprint density at radius 3 is 2.45 bits per heavy atom. The van der Waals surface area contributed by atoms with Gasteiger partial charge < -0.3 is 34.9 Å². The number of carbonyl (C=O) groups excluding carboxylic acids is 4. The van der Waals surface area contributed by atoms with Crippen LogP contribution in [0, 0.1) is 11.8 Å². The first-order chi connectivity index (χ1) is 28.1. The summed E-state index contributed by atoms with van der Waals surface area (Å²) in [5.74, 6) is -0.770. The van der Waals surface area contributed by atoms with Crippen molar-refractivity contribution in [1.82, 2.24) is 20.1 Å². The van der Waals surface area contributed by atoms with Crippen LogP contribution in [0.4, 0.5) is 0 Å².